The van der Waals surface area contributed by atoms with Crippen LogP contribution in [0.3, 0.4) is 0 Å². The van der Waals surface area contributed by atoms with Gasteiger partial charge in [-0.05, 0) is 0 Å². The molecule has 0 atom stereocenters. The fraction of sp³-hybridized carbons (Fsp3) is 0. The van der Waals surface area contributed by atoms with Gasteiger partial charge in [0.05, 0.1) is 27.3 Å². The number of fused-ring (bicyclic) bond motifs is 2. The van der Waals surface area contributed by atoms with E-state index in [1.165, 1.54) is 22.7 Å². The summed E-state index contributed by atoms with van der Waals surface area (Å²) in [6.45, 7) is 0. The van der Waals surface area contributed by atoms with Crippen molar-refractivity contribution in [1.29, 1.82) is 0 Å². The van der Waals surface area contributed by atoms with Gasteiger partial charge in [-0.3, -0.25) is 0 Å². The molecule has 6 nitrogen and oxygen atoms in total. The van der Waals surface area contributed by atoms with Crippen molar-refractivity contribution < 1.29 is 0 Å². The SMILES string of the molecule is [c]1nc2c(-c3cnnc4ncsc34)nncc2s1. The van der Waals surface area contributed by atoms with Crippen LogP contribution in [-0.2, 0) is 0 Å². The molecular formula is C10H3N6S2. The van der Waals surface area contributed by atoms with Crippen LogP contribution in [0.2, 0.25) is 0 Å². The molecule has 0 saturated carbocycles. The van der Waals surface area contributed by atoms with Crippen LogP contribution in [0.25, 0.3) is 31.8 Å². The molecule has 0 aliphatic heterocycles. The van der Waals surface area contributed by atoms with E-state index in [0.29, 0.717) is 11.3 Å². The van der Waals surface area contributed by atoms with Crippen molar-refractivity contribution in [3.05, 3.63) is 23.4 Å². The minimum atomic E-state index is 0.621. The summed E-state index contributed by atoms with van der Waals surface area (Å²) in [4.78, 5) is 8.36. The molecule has 1 radical (unpaired) electrons. The average Bonchev–Trinajstić information content (AvgIpc) is 3.06. The molecule has 4 aromatic heterocycles. The van der Waals surface area contributed by atoms with Gasteiger partial charge in [-0.15, -0.1) is 32.9 Å². The summed E-state index contributed by atoms with van der Waals surface area (Å²) in [5.41, 5.74) is 7.57. The predicted octanol–water partition coefficient (Wildman–Crippen LogP) is 1.95. The highest BCUT2D eigenvalue weighted by Gasteiger charge is 2.14. The molecular weight excluding hydrogens is 268 g/mol. The monoisotopic (exact) mass is 271 g/mol. The summed E-state index contributed by atoms with van der Waals surface area (Å²) in [5.74, 6) is 0. The second-order valence-electron chi connectivity index (χ2n) is 3.47. The maximum atomic E-state index is 4.21. The Bertz CT molecular complexity index is 779. The van der Waals surface area contributed by atoms with Crippen molar-refractivity contribution in [2.45, 2.75) is 0 Å². The first kappa shape index (κ1) is 9.92. The Labute approximate surface area is 108 Å². The molecule has 18 heavy (non-hydrogen) atoms. The lowest BCUT2D eigenvalue weighted by atomic mass is 10.2. The molecule has 0 fully saturated rings. The van der Waals surface area contributed by atoms with E-state index in [4.69, 9.17) is 0 Å². The maximum Gasteiger partial charge on any atom is 0.193 e. The number of nitrogens with zero attached hydrogens (tertiary/aromatic N) is 6. The first-order valence-electron chi connectivity index (χ1n) is 4.97. The molecule has 85 valence electrons. The van der Waals surface area contributed by atoms with Gasteiger partial charge in [0.15, 0.2) is 11.2 Å². The lowest BCUT2D eigenvalue weighted by Gasteiger charge is -2.00. The summed E-state index contributed by atoms with van der Waals surface area (Å²) in [5, 5.41) is 16.1. The molecule has 0 bridgehead atoms. The summed E-state index contributed by atoms with van der Waals surface area (Å²) in [6.07, 6.45) is 3.36. The van der Waals surface area contributed by atoms with Gasteiger partial charge >= 0.3 is 0 Å². The molecule has 8 heteroatoms. The Kier molecular flexibility index (Phi) is 2.05. The minimum Gasteiger partial charge on any atom is -0.231 e. The van der Waals surface area contributed by atoms with E-state index >= 15 is 0 Å². The Morgan fingerprint density at radius 2 is 2.06 bits per heavy atom. The van der Waals surface area contributed by atoms with Crippen molar-refractivity contribution in [1.82, 2.24) is 30.4 Å². The van der Waals surface area contributed by atoms with Crippen molar-refractivity contribution in [3.63, 3.8) is 0 Å². The fourth-order valence-corrected chi connectivity index (χ4v) is 3.02. The van der Waals surface area contributed by atoms with Gasteiger partial charge in [-0.2, -0.15) is 10.2 Å². The normalized spacial score (nSPS) is 11.3. The molecule has 0 aliphatic rings. The molecule has 0 aliphatic carbocycles. The summed E-state index contributed by atoms with van der Waals surface area (Å²) >= 11 is 2.92. The number of aromatic nitrogens is 6. The van der Waals surface area contributed by atoms with E-state index in [0.717, 1.165) is 20.5 Å². The molecule has 4 aromatic rings. The van der Waals surface area contributed by atoms with Crippen LogP contribution < -0.4 is 0 Å². The molecule has 0 aromatic carbocycles. The van der Waals surface area contributed by atoms with E-state index in [1.54, 1.807) is 17.9 Å². The largest absolute Gasteiger partial charge is 0.231 e. The summed E-state index contributed by atoms with van der Waals surface area (Å²) < 4.78 is 1.90. The van der Waals surface area contributed by atoms with Crippen LogP contribution >= 0.6 is 22.7 Å². The second-order valence-corrected chi connectivity index (χ2v) is 5.16. The zero-order chi connectivity index (χ0) is 11.9. The Morgan fingerprint density at radius 1 is 1.11 bits per heavy atom. The smallest absolute Gasteiger partial charge is 0.193 e. The third-order valence-corrected chi connectivity index (χ3v) is 4.04. The first-order chi connectivity index (χ1) is 8.93. The Hall–Kier alpha value is -2.06. The number of thiazole rings is 2. The van der Waals surface area contributed by atoms with Crippen molar-refractivity contribution in [3.8, 4) is 11.3 Å². The minimum absolute atomic E-state index is 0.621. The lowest BCUT2D eigenvalue weighted by molar-refractivity contribution is 1.03. The third kappa shape index (κ3) is 1.33. The standard InChI is InChI=1S/C10H3N6S2/c1-5(9-10(16-13-1)12-4-18-9)7-8-6(2-14-15-7)17-3-11-8/h1-2,4H. The third-order valence-electron chi connectivity index (χ3n) is 2.49. The van der Waals surface area contributed by atoms with Crippen LogP contribution in [0.5, 0.6) is 0 Å². The van der Waals surface area contributed by atoms with Gasteiger partial charge in [0, 0.05) is 5.56 Å². The average molecular weight is 271 g/mol. The van der Waals surface area contributed by atoms with E-state index in [-0.39, 0.29) is 0 Å². The van der Waals surface area contributed by atoms with Gasteiger partial charge in [0.1, 0.15) is 11.2 Å². The molecule has 4 heterocycles. The van der Waals surface area contributed by atoms with Crippen LogP contribution in [0, 0.1) is 5.51 Å². The van der Waals surface area contributed by atoms with Crippen molar-refractivity contribution in [2.24, 2.45) is 0 Å². The van der Waals surface area contributed by atoms with Crippen molar-refractivity contribution in [2.75, 3.05) is 0 Å². The Balaban J connectivity index is 2.13. The van der Waals surface area contributed by atoms with Gasteiger partial charge in [0.25, 0.3) is 0 Å². The number of hydrogen-bond acceptors (Lipinski definition) is 8. The molecule has 0 unspecified atom stereocenters. The first-order valence-corrected chi connectivity index (χ1v) is 6.66. The van der Waals surface area contributed by atoms with Gasteiger partial charge in [0.2, 0.25) is 0 Å². The fourth-order valence-electron chi connectivity index (χ4n) is 1.71. The topological polar surface area (TPSA) is 77.3 Å². The molecule has 0 saturated heterocycles. The number of rotatable bonds is 1. The van der Waals surface area contributed by atoms with Gasteiger partial charge in [-0.1, -0.05) is 0 Å². The molecule has 4 rings (SSSR count). The number of hydrogen-bond donors (Lipinski definition) is 0. The second kappa shape index (κ2) is 3.72. The van der Waals surface area contributed by atoms with Crippen molar-refractivity contribution >= 4 is 43.2 Å². The van der Waals surface area contributed by atoms with E-state index in [2.05, 4.69) is 35.9 Å². The predicted molar refractivity (Wildman–Crippen MR) is 68.3 cm³/mol. The van der Waals surface area contributed by atoms with E-state index in [1.807, 2.05) is 0 Å². The highest BCUT2D eigenvalue weighted by atomic mass is 32.1. The Morgan fingerprint density at radius 3 is 3.06 bits per heavy atom. The van der Waals surface area contributed by atoms with Crippen LogP contribution in [-0.4, -0.2) is 30.4 Å². The maximum absolute atomic E-state index is 4.21. The van der Waals surface area contributed by atoms with Crippen LogP contribution in [0.1, 0.15) is 0 Å². The summed E-state index contributed by atoms with van der Waals surface area (Å²) in [6, 6.07) is 0. The van der Waals surface area contributed by atoms with E-state index in [9.17, 15) is 0 Å². The molecule has 0 N–H and O–H groups in total. The van der Waals surface area contributed by atoms with Crippen LogP contribution in [0.4, 0.5) is 0 Å². The van der Waals surface area contributed by atoms with E-state index < -0.39 is 0 Å². The summed E-state index contributed by atoms with van der Waals surface area (Å²) in [7, 11) is 0. The highest BCUT2D eigenvalue weighted by molar-refractivity contribution is 7.17. The van der Waals surface area contributed by atoms with Crippen LogP contribution in [0.15, 0.2) is 17.9 Å². The molecule has 0 amide bonds. The zero-order valence-electron chi connectivity index (χ0n) is 8.73. The van der Waals surface area contributed by atoms with Gasteiger partial charge in [-0.25, -0.2) is 9.97 Å². The zero-order valence-corrected chi connectivity index (χ0v) is 10.4. The highest BCUT2D eigenvalue weighted by Crippen LogP contribution is 2.32. The lowest BCUT2D eigenvalue weighted by Crippen LogP contribution is -1.91. The quantitative estimate of drug-likeness (QED) is 0.526. The molecule has 0 spiro atoms. The van der Waals surface area contributed by atoms with Gasteiger partial charge < -0.3 is 0 Å².